The predicted molar refractivity (Wildman–Crippen MR) is 39.2 cm³/mol. The molecule has 2 heteroatoms. The van der Waals surface area contributed by atoms with Crippen molar-refractivity contribution in [3.05, 3.63) is 6.42 Å². The smallest absolute Gasteiger partial charge is 0.0745 e. The summed E-state index contributed by atoms with van der Waals surface area (Å²) >= 11 is 0. The second kappa shape index (κ2) is 10.8. The second-order valence-electron chi connectivity index (χ2n) is 1.88. The molecule has 0 aromatic heterocycles. The minimum Gasteiger partial charge on any atom is -0.391 e. The zero-order chi connectivity index (χ0) is 7.70. The molecule has 0 aliphatic heterocycles. The molecule has 0 spiro atoms. The molecule has 1 atom stereocenters. The van der Waals surface area contributed by atoms with Crippen LogP contribution in [-0.4, -0.2) is 24.9 Å². The molecule has 2 nitrogen and oxygen atoms in total. The van der Waals surface area contributed by atoms with Crippen molar-refractivity contribution in [2.75, 3.05) is 13.7 Å². The van der Waals surface area contributed by atoms with Gasteiger partial charge in [-0.2, -0.15) is 0 Å². The summed E-state index contributed by atoms with van der Waals surface area (Å²) in [6.07, 6.45) is 1.68. The minimum absolute atomic E-state index is 0.324. The predicted octanol–water partition coefficient (Wildman–Crippen LogP) is 1.24. The summed E-state index contributed by atoms with van der Waals surface area (Å²) in [6, 6.07) is 0. The van der Waals surface area contributed by atoms with Gasteiger partial charge in [-0.1, -0.05) is 13.8 Å². The van der Waals surface area contributed by atoms with Crippen LogP contribution in [0.4, 0.5) is 0 Å². The van der Waals surface area contributed by atoms with Crippen LogP contribution >= 0.6 is 0 Å². The van der Waals surface area contributed by atoms with Crippen molar-refractivity contribution in [2.45, 2.75) is 26.9 Å². The van der Waals surface area contributed by atoms with E-state index in [0.717, 1.165) is 0 Å². The lowest BCUT2D eigenvalue weighted by molar-refractivity contribution is 0.0765. The monoisotopic (exact) mass is 133 g/mol. The van der Waals surface area contributed by atoms with Crippen molar-refractivity contribution in [3.63, 3.8) is 0 Å². The topological polar surface area (TPSA) is 29.5 Å². The van der Waals surface area contributed by atoms with E-state index >= 15 is 0 Å². The van der Waals surface area contributed by atoms with Crippen molar-refractivity contribution in [2.24, 2.45) is 0 Å². The summed E-state index contributed by atoms with van der Waals surface area (Å²) in [4.78, 5) is 0. The zero-order valence-electron chi connectivity index (χ0n) is 6.72. The Kier molecular flexibility index (Phi) is 14.0. The standard InChI is InChI=1S/C4H10O2.C3H7/c1-4(5)3-6-2;1-3-2/h4-5H,3H2,1-2H3;3H,1-2H3. The molecule has 9 heavy (non-hydrogen) atoms. The Labute approximate surface area is 57.8 Å². The molecule has 0 aromatic rings. The Morgan fingerprint density at radius 1 is 1.56 bits per heavy atom. The highest BCUT2D eigenvalue weighted by molar-refractivity contribution is 4.36. The summed E-state index contributed by atoms with van der Waals surface area (Å²) in [5.74, 6) is 0. The van der Waals surface area contributed by atoms with Gasteiger partial charge in [0.25, 0.3) is 0 Å². The van der Waals surface area contributed by atoms with Crippen LogP contribution in [0.3, 0.4) is 0 Å². The number of ether oxygens (including phenoxy) is 1. The first-order valence-electron chi connectivity index (χ1n) is 3.10. The van der Waals surface area contributed by atoms with Crippen LogP contribution in [0.25, 0.3) is 0 Å². The van der Waals surface area contributed by atoms with Gasteiger partial charge in [-0.15, -0.1) is 0 Å². The summed E-state index contributed by atoms with van der Waals surface area (Å²) < 4.78 is 4.55. The molecule has 0 saturated carbocycles. The maximum Gasteiger partial charge on any atom is 0.0745 e. The number of aliphatic hydroxyl groups is 1. The van der Waals surface area contributed by atoms with Gasteiger partial charge in [0, 0.05) is 7.11 Å². The van der Waals surface area contributed by atoms with Gasteiger partial charge >= 0.3 is 0 Å². The molecule has 57 valence electrons. The summed E-state index contributed by atoms with van der Waals surface area (Å²) in [5.41, 5.74) is 0. The number of hydrogen-bond donors (Lipinski definition) is 1. The molecule has 0 fully saturated rings. The molecule has 1 radical (unpaired) electrons. The van der Waals surface area contributed by atoms with E-state index in [0.29, 0.717) is 6.61 Å². The first-order valence-corrected chi connectivity index (χ1v) is 3.10. The lowest BCUT2D eigenvalue weighted by Crippen LogP contribution is -2.07. The highest BCUT2D eigenvalue weighted by Gasteiger charge is 1.87. The third-order valence-corrected chi connectivity index (χ3v) is 0.408. The van der Waals surface area contributed by atoms with Gasteiger partial charge in [-0.05, 0) is 13.3 Å². The molecule has 0 aliphatic rings. The third-order valence-electron chi connectivity index (χ3n) is 0.408. The Morgan fingerprint density at radius 2 is 1.89 bits per heavy atom. The van der Waals surface area contributed by atoms with Gasteiger partial charge in [0.15, 0.2) is 0 Å². The van der Waals surface area contributed by atoms with Crippen molar-refractivity contribution in [3.8, 4) is 0 Å². The van der Waals surface area contributed by atoms with Gasteiger partial charge in [-0.3, -0.25) is 0 Å². The van der Waals surface area contributed by atoms with Gasteiger partial charge < -0.3 is 9.84 Å². The van der Waals surface area contributed by atoms with E-state index in [4.69, 9.17) is 5.11 Å². The molecular weight excluding hydrogens is 116 g/mol. The van der Waals surface area contributed by atoms with Crippen molar-refractivity contribution >= 4 is 0 Å². The van der Waals surface area contributed by atoms with Gasteiger partial charge in [0.1, 0.15) is 0 Å². The zero-order valence-corrected chi connectivity index (χ0v) is 6.72. The van der Waals surface area contributed by atoms with Crippen molar-refractivity contribution in [1.29, 1.82) is 0 Å². The van der Waals surface area contributed by atoms with E-state index in [1.165, 1.54) is 0 Å². The molecule has 0 bridgehead atoms. The molecule has 0 heterocycles. The summed E-state index contributed by atoms with van der Waals surface area (Å²) in [5, 5.41) is 8.43. The summed E-state index contributed by atoms with van der Waals surface area (Å²) in [7, 11) is 1.56. The first kappa shape index (κ1) is 11.7. The number of rotatable bonds is 2. The number of hydrogen-bond acceptors (Lipinski definition) is 2. The SMILES string of the molecule is COCC(C)O.C[CH]C. The molecule has 0 aliphatic carbocycles. The summed E-state index contributed by atoms with van der Waals surface area (Å²) in [6.45, 7) is 6.11. The average Bonchev–Trinajstić information content (AvgIpc) is 1.67. The fraction of sp³-hybridized carbons (Fsp3) is 0.857. The van der Waals surface area contributed by atoms with E-state index in [-0.39, 0.29) is 6.10 Å². The van der Waals surface area contributed by atoms with Gasteiger partial charge in [-0.25, -0.2) is 0 Å². The molecule has 0 amide bonds. The number of methoxy groups -OCH3 is 1. The van der Waals surface area contributed by atoms with Crippen LogP contribution in [0.5, 0.6) is 0 Å². The lowest BCUT2D eigenvalue weighted by Gasteiger charge is -1.97. The molecule has 1 unspecified atom stereocenters. The highest BCUT2D eigenvalue weighted by Crippen LogP contribution is 1.75. The van der Waals surface area contributed by atoms with Gasteiger partial charge in [0.2, 0.25) is 0 Å². The normalized spacial score (nSPS) is 11.7. The molecule has 0 rings (SSSR count). The van der Waals surface area contributed by atoms with E-state index in [1.807, 2.05) is 20.3 Å². The maximum atomic E-state index is 8.43. The maximum absolute atomic E-state index is 8.43. The quantitative estimate of drug-likeness (QED) is 0.614. The molecule has 1 N–H and O–H groups in total. The van der Waals surface area contributed by atoms with E-state index in [1.54, 1.807) is 14.0 Å². The lowest BCUT2D eigenvalue weighted by atomic mass is 10.5. The van der Waals surface area contributed by atoms with E-state index < -0.39 is 0 Å². The van der Waals surface area contributed by atoms with Crippen LogP contribution in [0.1, 0.15) is 20.8 Å². The molecule has 0 aromatic carbocycles. The average molecular weight is 133 g/mol. The van der Waals surface area contributed by atoms with Crippen LogP contribution in [0.15, 0.2) is 0 Å². The number of aliphatic hydroxyl groups excluding tert-OH is 1. The van der Waals surface area contributed by atoms with Crippen LogP contribution < -0.4 is 0 Å². The van der Waals surface area contributed by atoms with Crippen molar-refractivity contribution < 1.29 is 9.84 Å². The van der Waals surface area contributed by atoms with Gasteiger partial charge in [0.05, 0.1) is 12.7 Å². The van der Waals surface area contributed by atoms with Crippen LogP contribution in [0, 0.1) is 6.42 Å². The van der Waals surface area contributed by atoms with E-state index in [9.17, 15) is 0 Å². The van der Waals surface area contributed by atoms with Crippen LogP contribution in [-0.2, 0) is 4.74 Å². The second-order valence-corrected chi connectivity index (χ2v) is 1.88. The Morgan fingerprint density at radius 3 is 1.89 bits per heavy atom. The molecule has 0 saturated heterocycles. The minimum atomic E-state index is -0.324. The molecular formula is C7H17O2. The highest BCUT2D eigenvalue weighted by atomic mass is 16.5. The van der Waals surface area contributed by atoms with Crippen LogP contribution in [0.2, 0.25) is 0 Å². The Balaban J connectivity index is 0. The third kappa shape index (κ3) is 32.6. The Bertz CT molecular complexity index is 35.9. The fourth-order valence-corrected chi connectivity index (χ4v) is 0.241. The van der Waals surface area contributed by atoms with E-state index in [2.05, 4.69) is 4.74 Å². The Hall–Kier alpha value is -0.0800. The van der Waals surface area contributed by atoms with Crippen molar-refractivity contribution in [1.82, 2.24) is 0 Å². The largest absolute Gasteiger partial charge is 0.391 e. The first-order chi connectivity index (χ1) is 4.18. The fourth-order valence-electron chi connectivity index (χ4n) is 0.241.